The molecule has 27 heavy (non-hydrogen) atoms. The molecule has 3 aromatic rings. The number of aromatic nitrogens is 4. The minimum absolute atomic E-state index is 0.0219. The average molecular weight is 362 g/mol. The number of rotatable bonds is 4. The number of aryl methyl sites for hydroxylation is 1. The van der Waals surface area contributed by atoms with Crippen LogP contribution in [0.4, 0.5) is 11.6 Å². The Kier molecular flexibility index (Phi) is 4.82. The molecule has 1 aliphatic heterocycles. The van der Waals surface area contributed by atoms with Gasteiger partial charge in [-0.2, -0.15) is 5.10 Å². The summed E-state index contributed by atoms with van der Waals surface area (Å²) < 4.78 is 0. The largest absolute Gasteiger partial charge is 0.337 e. The molecule has 0 aromatic carbocycles. The van der Waals surface area contributed by atoms with Crippen LogP contribution in [-0.4, -0.2) is 44.1 Å². The Labute approximate surface area is 157 Å². The normalized spacial score (nSPS) is 14.9. The Bertz CT molecular complexity index is 916. The molecule has 3 aromatic heterocycles. The van der Waals surface area contributed by atoms with Gasteiger partial charge in [0.15, 0.2) is 0 Å². The number of nitrogens with one attached hydrogen (secondary N) is 2. The third kappa shape index (κ3) is 3.81. The van der Waals surface area contributed by atoms with E-state index in [4.69, 9.17) is 0 Å². The molecule has 0 unspecified atom stereocenters. The van der Waals surface area contributed by atoms with Gasteiger partial charge in [-0.15, -0.1) is 0 Å². The summed E-state index contributed by atoms with van der Waals surface area (Å²) in [5.74, 6) is 2.06. The third-order valence-corrected chi connectivity index (χ3v) is 5.02. The van der Waals surface area contributed by atoms with Crippen molar-refractivity contribution >= 4 is 17.5 Å². The van der Waals surface area contributed by atoms with Crippen molar-refractivity contribution in [2.45, 2.75) is 25.7 Å². The quantitative estimate of drug-likeness (QED) is 0.744. The number of piperidine rings is 1. The third-order valence-electron chi connectivity index (χ3n) is 5.02. The Balaban J connectivity index is 1.41. The zero-order valence-corrected chi connectivity index (χ0v) is 15.2. The monoisotopic (exact) mass is 362 g/mol. The molecule has 1 saturated heterocycles. The van der Waals surface area contributed by atoms with E-state index >= 15 is 0 Å². The number of anilines is 2. The molecule has 0 aliphatic carbocycles. The molecule has 0 saturated carbocycles. The van der Waals surface area contributed by atoms with Crippen molar-refractivity contribution in [1.82, 2.24) is 25.1 Å². The SMILES string of the molecule is Cc1cccnc1Nc1cc(C2CCN(C(=O)c3ccn[nH]3)CC2)ccn1. The standard InChI is InChI=1S/C20H22N6O/c1-14-3-2-8-22-19(14)24-18-13-16(4-9-21-18)15-6-11-26(12-7-15)20(27)17-5-10-23-25-17/h2-5,8-10,13,15H,6-7,11-12H2,1H3,(H,23,25)(H,21,22,24). The predicted molar refractivity (Wildman–Crippen MR) is 103 cm³/mol. The fourth-order valence-electron chi connectivity index (χ4n) is 3.47. The molecule has 1 amide bonds. The molecule has 7 nitrogen and oxygen atoms in total. The Morgan fingerprint density at radius 3 is 2.74 bits per heavy atom. The molecule has 4 heterocycles. The zero-order valence-electron chi connectivity index (χ0n) is 15.2. The molecule has 7 heteroatoms. The van der Waals surface area contributed by atoms with Gasteiger partial charge in [-0.1, -0.05) is 6.07 Å². The van der Waals surface area contributed by atoms with Crippen LogP contribution in [0.25, 0.3) is 0 Å². The van der Waals surface area contributed by atoms with E-state index in [1.54, 1.807) is 18.5 Å². The number of H-pyrrole nitrogens is 1. The fraction of sp³-hybridized carbons (Fsp3) is 0.300. The van der Waals surface area contributed by atoms with Gasteiger partial charge in [0, 0.05) is 31.7 Å². The van der Waals surface area contributed by atoms with Gasteiger partial charge in [-0.05, 0) is 61.1 Å². The lowest BCUT2D eigenvalue weighted by molar-refractivity contribution is 0.0707. The lowest BCUT2D eigenvalue weighted by atomic mass is 9.90. The van der Waals surface area contributed by atoms with E-state index in [1.165, 1.54) is 5.56 Å². The second kappa shape index (κ2) is 7.57. The predicted octanol–water partition coefficient (Wildman–Crippen LogP) is 3.27. The Hall–Kier alpha value is -3.22. The van der Waals surface area contributed by atoms with Gasteiger partial charge in [-0.25, -0.2) is 9.97 Å². The summed E-state index contributed by atoms with van der Waals surface area (Å²) in [5, 5.41) is 9.91. The number of hydrogen-bond acceptors (Lipinski definition) is 5. The van der Waals surface area contributed by atoms with Crippen LogP contribution in [0.2, 0.25) is 0 Å². The van der Waals surface area contributed by atoms with Crippen LogP contribution >= 0.6 is 0 Å². The second-order valence-electron chi connectivity index (χ2n) is 6.81. The first-order valence-corrected chi connectivity index (χ1v) is 9.14. The van der Waals surface area contributed by atoms with Crippen molar-refractivity contribution in [2.24, 2.45) is 0 Å². The van der Waals surface area contributed by atoms with E-state index in [0.717, 1.165) is 43.1 Å². The average Bonchev–Trinajstić information content (AvgIpc) is 3.24. The Morgan fingerprint density at radius 2 is 2.00 bits per heavy atom. The summed E-state index contributed by atoms with van der Waals surface area (Å²) in [4.78, 5) is 23.1. The maximum Gasteiger partial charge on any atom is 0.271 e. The molecule has 0 bridgehead atoms. The van der Waals surface area contributed by atoms with Gasteiger partial charge in [-0.3, -0.25) is 9.89 Å². The fourth-order valence-corrected chi connectivity index (χ4v) is 3.47. The lowest BCUT2D eigenvalue weighted by Crippen LogP contribution is -2.38. The zero-order chi connectivity index (χ0) is 18.6. The van der Waals surface area contributed by atoms with Crippen LogP contribution in [0.1, 0.15) is 40.4 Å². The molecule has 1 fully saturated rings. The van der Waals surface area contributed by atoms with E-state index in [-0.39, 0.29) is 5.91 Å². The number of likely N-dealkylation sites (tertiary alicyclic amines) is 1. The summed E-state index contributed by atoms with van der Waals surface area (Å²) in [7, 11) is 0. The van der Waals surface area contributed by atoms with E-state index in [1.807, 2.05) is 30.2 Å². The van der Waals surface area contributed by atoms with Crippen LogP contribution in [0.5, 0.6) is 0 Å². The van der Waals surface area contributed by atoms with E-state index < -0.39 is 0 Å². The minimum Gasteiger partial charge on any atom is -0.337 e. The molecule has 2 N–H and O–H groups in total. The van der Waals surface area contributed by atoms with Crippen LogP contribution < -0.4 is 5.32 Å². The Morgan fingerprint density at radius 1 is 1.15 bits per heavy atom. The summed E-state index contributed by atoms with van der Waals surface area (Å²) in [5.41, 5.74) is 2.87. The van der Waals surface area contributed by atoms with Crippen molar-refractivity contribution < 1.29 is 4.79 Å². The van der Waals surface area contributed by atoms with Crippen molar-refractivity contribution in [3.05, 3.63) is 65.7 Å². The second-order valence-corrected chi connectivity index (χ2v) is 6.81. The minimum atomic E-state index is 0.0219. The first kappa shape index (κ1) is 17.2. The number of carbonyl (C=O) groups excluding carboxylic acids is 1. The van der Waals surface area contributed by atoms with Gasteiger partial charge in [0.05, 0.1) is 0 Å². The van der Waals surface area contributed by atoms with E-state index in [9.17, 15) is 4.79 Å². The highest BCUT2D eigenvalue weighted by atomic mass is 16.2. The van der Waals surface area contributed by atoms with Crippen LogP contribution in [-0.2, 0) is 0 Å². The number of nitrogens with zero attached hydrogens (tertiary/aromatic N) is 4. The van der Waals surface area contributed by atoms with Gasteiger partial charge >= 0.3 is 0 Å². The van der Waals surface area contributed by atoms with Crippen LogP contribution in [0.3, 0.4) is 0 Å². The summed E-state index contributed by atoms with van der Waals surface area (Å²) >= 11 is 0. The van der Waals surface area contributed by atoms with Crippen molar-refractivity contribution in [3.63, 3.8) is 0 Å². The van der Waals surface area contributed by atoms with Gasteiger partial charge < -0.3 is 10.2 Å². The van der Waals surface area contributed by atoms with E-state index in [0.29, 0.717) is 11.6 Å². The van der Waals surface area contributed by atoms with Gasteiger partial charge in [0.1, 0.15) is 17.3 Å². The summed E-state index contributed by atoms with van der Waals surface area (Å²) in [6, 6.07) is 9.81. The van der Waals surface area contributed by atoms with Crippen LogP contribution in [0, 0.1) is 6.92 Å². The molecular formula is C20H22N6O. The number of hydrogen-bond donors (Lipinski definition) is 2. The first-order chi connectivity index (χ1) is 13.2. The maximum atomic E-state index is 12.4. The number of aromatic amines is 1. The highest BCUT2D eigenvalue weighted by Gasteiger charge is 2.25. The number of carbonyl (C=O) groups is 1. The molecule has 1 aliphatic rings. The lowest BCUT2D eigenvalue weighted by Gasteiger charge is -2.32. The smallest absolute Gasteiger partial charge is 0.271 e. The van der Waals surface area contributed by atoms with Crippen molar-refractivity contribution in [3.8, 4) is 0 Å². The number of pyridine rings is 2. The van der Waals surface area contributed by atoms with Gasteiger partial charge in [0.25, 0.3) is 5.91 Å². The summed E-state index contributed by atoms with van der Waals surface area (Å²) in [6.45, 7) is 3.51. The highest BCUT2D eigenvalue weighted by Crippen LogP contribution is 2.30. The highest BCUT2D eigenvalue weighted by molar-refractivity contribution is 5.92. The molecule has 0 spiro atoms. The van der Waals surface area contributed by atoms with Crippen molar-refractivity contribution in [1.29, 1.82) is 0 Å². The summed E-state index contributed by atoms with van der Waals surface area (Å²) in [6.07, 6.45) is 7.08. The van der Waals surface area contributed by atoms with Gasteiger partial charge in [0.2, 0.25) is 0 Å². The maximum absolute atomic E-state index is 12.4. The first-order valence-electron chi connectivity index (χ1n) is 9.14. The topological polar surface area (TPSA) is 86.8 Å². The molecule has 0 atom stereocenters. The molecule has 4 rings (SSSR count). The molecule has 138 valence electrons. The number of amides is 1. The van der Waals surface area contributed by atoms with Crippen molar-refractivity contribution in [2.75, 3.05) is 18.4 Å². The molecule has 0 radical (unpaired) electrons. The van der Waals surface area contributed by atoms with Crippen LogP contribution in [0.15, 0.2) is 48.9 Å². The molecular weight excluding hydrogens is 340 g/mol. The van der Waals surface area contributed by atoms with E-state index in [2.05, 4.69) is 37.6 Å².